The Hall–Kier alpha value is -1.42. The van der Waals surface area contributed by atoms with Gasteiger partial charge in [0, 0.05) is 18.8 Å². The van der Waals surface area contributed by atoms with E-state index in [1.54, 1.807) is 0 Å². The van der Waals surface area contributed by atoms with Gasteiger partial charge in [0.2, 0.25) is 0 Å². The average Bonchev–Trinajstić information content (AvgIpc) is 2.47. The van der Waals surface area contributed by atoms with Crippen molar-refractivity contribution in [3.05, 3.63) is 30.1 Å². The lowest BCUT2D eigenvalue weighted by atomic mass is 9.86. The van der Waals surface area contributed by atoms with Gasteiger partial charge in [0.15, 0.2) is 0 Å². The molecule has 0 atom stereocenters. The van der Waals surface area contributed by atoms with Crippen molar-refractivity contribution in [3.8, 4) is 0 Å². The molecule has 1 aromatic heterocycles. The van der Waals surface area contributed by atoms with Gasteiger partial charge in [-0.15, -0.1) is 0 Å². The van der Waals surface area contributed by atoms with E-state index in [4.69, 9.17) is 4.74 Å². The number of rotatable bonds is 5. The van der Waals surface area contributed by atoms with Gasteiger partial charge in [-0.3, -0.25) is 9.78 Å². The van der Waals surface area contributed by atoms with E-state index in [0.29, 0.717) is 12.6 Å². The van der Waals surface area contributed by atoms with Crippen LogP contribution in [0.1, 0.15) is 38.3 Å². The van der Waals surface area contributed by atoms with Crippen molar-refractivity contribution < 1.29 is 9.53 Å². The third kappa shape index (κ3) is 4.31. The first-order valence-corrected chi connectivity index (χ1v) is 7.09. The molecule has 1 aromatic rings. The molecule has 1 saturated carbocycles. The highest BCUT2D eigenvalue weighted by molar-refractivity contribution is 5.72. The second-order valence-electron chi connectivity index (χ2n) is 5.00. The van der Waals surface area contributed by atoms with Gasteiger partial charge in [-0.2, -0.15) is 0 Å². The molecule has 0 radical (unpaired) electrons. The number of aromatic nitrogens is 1. The number of nitrogens with zero attached hydrogens (tertiary/aromatic N) is 1. The summed E-state index contributed by atoms with van der Waals surface area (Å²) in [5, 5.41) is 3.51. The monoisotopic (exact) mass is 262 g/mol. The maximum atomic E-state index is 11.6. The van der Waals surface area contributed by atoms with E-state index in [-0.39, 0.29) is 11.9 Å². The molecule has 0 amide bonds. The largest absolute Gasteiger partial charge is 0.466 e. The van der Waals surface area contributed by atoms with Crippen molar-refractivity contribution in [1.82, 2.24) is 10.3 Å². The second kappa shape index (κ2) is 7.24. The number of carbonyl (C=O) groups excluding carboxylic acids is 1. The molecule has 19 heavy (non-hydrogen) atoms. The average molecular weight is 262 g/mol. The molecule has 0 saturated heterocycles. The van der Waals surface area contributed by atoms with E-state index in [1.807, 2.05) is 31.3 Å². The summed E-state index contributed by atoms with van der Waals surface area (Å²) in [6, 6.07) is 6.44. The molecule has 0 bridgehead atoms. The zero-order chi connectivity index (χ0) is 13.5. The van der Waals surface area contributed by atoms with Crippen LogP contribution in [0.25, 0.3) is 0 Å². The molecule has 0 aliphatic heterocycles. The molecule has 0 aromatic carbocycles. The van der Waals surface area contributed by atoms with E-state index in [0.717, 1.165) is 37.9 Å². The van der Waals surface area contributed by atoms with Gasteiger partial charge in [-0.25, -0.2) is 0 Å². The zero-order valence-electron chi connectivity index (χ0n) is 11.5. The maximum Gasteiger partial charge on any atom is 0.308 e. The van der Waals surface area contributed by atoms with Gasteiger partial charge < -0.3 is 10.1 Å². The molecule has 0 spiro atoms. The lowest BCUT2D eigenvalue weighted by Crippen LogP contribution is -2.35. The first-order valence-electron chi connectivity index (χ1n) is 7.09. The molecular weight excluding hydrogens is 240 g/mol. The summed E-state index contributed by atoms with van der Waals surface area (Å²) in [5.74, 6) is 0.0820. The molecule has 4 heteroatoms. The summed E-state index contributed by atoms with van der Waals surface area (Å²) in [6.07, 6.45) is 5.75. The van der Waals surface area contributed by atoms with Crippen molar-refractivity contribution >= 4 is 5.97 Å². The third-order valence-electron chi connectivity index (χ3n) is 3.65. The molecule has 1 N–H and O–H groups in total. The maximum absolute atomic E-state index is 11.6. The predicted octanol–water partition coefficient (Wildman–Crippen LogP) is 2.29. The quantitative estimate of drug-likeness (QED) is 0.827. The van der Waals surface area contributed by atoms with Crippen LogP contribution in [-0.2, 0) is 16.1 Å². The summed E-state index contributed by atoms with van der Waals surface area (Å²) in [6.45, 7) is 3.14. The van der Waals surface area contributed by atoms with Crippen molar-refractivity contribution in [2.45, 2.75) is 45.2 Å². The van der Waals surface area contributed by atoms with Crippen molar-refractivity contribution in [1.29, 1.82) is 0 Å². The molecular formula is C15H22N2O2. The van der Waals surface area contributed by atoms with Crippen LogP contribution in [0.4, 0.5) is 0 Å². The molecule has 4 nitrogen and oxygen atoms in total. The summed E-state index contributed by atoms with van der Waals surface area (Å²) in [5.41, 5.74) is 1.06. The molecule has 1 fully saturated rings. The molecule has 1 aliphatic carbocycles. The van der Waals surface area contributed by atoms with E-state index in [9.17, 15) is 4.79 Å². The van der Waals surface area contributed by atoms with Crippen LogP contribution >= 0.6 is 0 Å². The van der Waals surface area contributed by atoms with Gasteiger partial charge in [0.25, 0.3) is 0 Å². The van der Waals surface area contributed by atoms with Crippen molar-refractivity contribution in [2.75, 3.05) is 6.61 Å². The Labute approximate surface area is 114 Å². The Balaban J connectivity index is 1.70. The van der Waals surface area contributed by atoms with Gasteiger partial charge in [0.1, 0.15) is 0 Å². The Bertz CT molecular complexity index is 386. The van der Waals surface area contributed by atoms with Gasteiger partial charge in [-0.1, -0.05) is 6.07 Å². The fraction of sp³-hybridized carbons (Fsp3) is 0.600. The Morgan fingerprint density at radius 2 is 2.16 bits per heavy atom. The number of esters is 1. The SMILES string of the molecule is CCOC(=O)C1CCC(NCc2ccccn2)CC1. The van der Waals surface area contributed by atoms with Crippen LogP contribution in [0.5, 0.6) is 0 Å². The minimum Gasteiger partial charge on any atom is -0.466 e. The summed E-state index contributed by atoms with van der Waals surface area (Å²) < 4.78 is 5.08. The fourth-order valence-corrected chi connectivity index (χ4v) is 2.54. The molecule has 2 rings (SSSR count). The number of pyridine rings is 1. The molecule has 1 heterocycles. The zero-order valence-corrected chi connectivity index (χ0v) is 11.5. The Kier molecular flexibility index (Phi) is 5.33. The van der Waals surface area contributed by atoms with E-state index < -0.39 is 0 Å². The summed E-state index contributed by atoms with van der Waals surface area (Å²) >= 11 is 0. The highest BCUT2D eigenvalue weighted by Gasteiger charge is 2.26. The number of nitrogens with one attached hydrogen (secondary N) is 1. The van der Waals surface area contributed by atoms with Crippen molar-refractivity contribution in [2.24, 2.45) is 5.92 Å². The molecule has 104 valence electrons. The normalized spacial score (nSPS) is 23.0. The van der Waals surface area contributed by atoms with Crippen LogP contribution in [0.15, 0.2) is 24.4 Å². The van der Waals surface area contributed by atoms with Gasteiger partial charge in [0.05, 0.1) is 18.2 Å². The second-order valence-corrected chi connectivity index (χ2v) is 5.00. The molecule has 0 unspecified atom stereocenters. The first kappa shape index (κ1) is 14.0. The third-order valence-corrected chi connectivity index (χ3v) is 3.65. The minimum atomic E-state index is -0.0225. The highest BCUT2D eigenvalue weighted by Crippen LogP contribution is 2.25. The fourth-order valence-electron chi connectivity index (χ4n) is 2.54. The van der Waals surface area contributed by atoms with Gasteiger partial charge in [-0.05, 0) is 44.7 Å². The topological polar surface area (TPSA) is 51.2 Å². The minimum absolute atomic E-state index is 0.0225. The van der Waals surface area contributed by atoms with Crippen molar-refractivity contribution in [3.63, 3.8) is 0 Å². The first-order chi connectivity index (χ1) is 9.29. The van der Waals surface area contributed by atoms with E-state index >= 15 is 0 Å². The number of hydrogen-bond donors (Lipinski definition) is 1. The van der Waals surface area contributed by atoms with Crippen LogP contribution in [0.2, 0.25) is 0 Å². The standard InChI is InChI=1S/C15H22N2O2/c1-2-19-15(18)12-6-8-13(9-7-12)17-11-14-5-3-4-10-16-14/h3-5,10,12-13,17H,2,6-9,11H2,1H3. The number of ether oxygens (including phenoxy) is 1. The predicted molar refractivity (Wildman–Crippen MR) is 73.5 cm³/mol. The number of hydrogen-bond acceptors (Lipinski definition) is 4. The highest BCUT2D eigenvalue weighted by atomic mass is 16.5. The Morgan fingerprint density at radius 3 is 2.79 bits per heavy atom. The van der Waals surface area contributed by atoms with Gasteiger partial charge >= 0.3 is 5.97 Å². The van der Waals surface area contributed by atoms with Crippen LogP contribution in [-0.4, -0.2) is 23.6 Å². The van der Waals surface area contributed by atoms with Crippen LogP contribution in [0.3, 0.4) is 0 Å². The lowest BCUT2D eigenvalue weighted by molar-refractivity contribution is -0.149. The summed E-state index contributed by atoms with van der Waals surface area (Å²) in [7, 11) is 0. The van der Waals surface area contributed by atoms with Crippen LogP contribution < -0.4 is 5.32 Å². The van der Waals surface area contributed by atoms with E-state index in [2.05, 4.69) is 10.3 Å². The summed E-state index contributed by atoms with van der Waals surface area (Å²) in [4.78, 5) is 15.9. The molecule has 1 aliphatic rings. The Morgan fingerprint density at radius 1 is 1.37 bits per heavy atom. The number of carbonyl (C=O) groups is 1. The smallest absolute Gasteiger partial charge is 0.308 e. The van der Waals surface area contributed by atoms with E-state index in [1.165, 1.54) is 0 Å². The van der Waals surface area contributed by atoms with Crippen LogP contribution in [0, 0.1) is 5.92 Å². The lowest BCUT2D eigenvalue weighted by Gasteiger charge is -2.27.